The van der Waals surface area contributed by atoms with Crippen LogP contribution in [0, 0.1) is 11.3 Å². The first-order valence-electron chi connectivity index (χ1n) is 6.95. The van der Waals surface area contributed by atoms with Crippen molar-refractivity contribution in [3.05, 3.63) is 29.8 Å². The van der Waals surface area contributed by atoms with E-state index in [1.807, 2.05) is 6.07 Å². The molecule has 1 amide bonds. The van der Waals surface area contributed by atoms with E-state index >= 15 is 0 Å². The molecule has 118 valence electrons. The Kier molecular flexibility index (Phi) is 5.93. The van der Waals surface area contributed by atoms with E-state index in [4.69, 9.17) is 15.1 Å². The van der Waals surface area contributed by atoms with Gasteiger partial charge >= 0.3 is 5.97 Å². The molecule has 1 aromatic rings. The lowest BCUT2D eigenvalue weighted by Gasteiger charge is -2.27. The lowest BCUT2D eigenvalue weighted by molar-refractivity contribution is -0.138. The minimum absolute atomic E-state index is 0.0280. The normalized spacial score (nSPS) is 12.1. The Hall–Kier alpha value is -2.55. The van der Waals surface area contributed by atoms with Gasteiger partial charge in [-0.15, -0.1) is 0 Å². The average Bonchev–Trinajstić information content (AvgIpc) is 2.45. The van der Waals surface area contributed by atoms with E-state index in [-0.39, 0.29) is 12.3 Å². The molecule has 0 aliphatic rings. The van der Waals surface area contributed by atoms with E-state index in [0.717, 1.165) is 0 Å². The number of ether oxygens (including phenoxy) is 1. The SMILES string of the molecule is CC(Oc1ccccc1C#N)C(=O)NC(C)(C)CCC(=O)O. The van der Waals surface area contributed by atoms with Crippen molar-refractivity contribution in [2.75, 3.05) is 0 Å². The molecule has 1 rings (SSSR count). The number of hydrogen-bond acceptors (Lipinski definition) is 4. The molecule has 2 N–H and O–H groups in total. The first kappa shape index (κ1) is 17.5. The Morgan fingerprint density at radius 1 is 1.41 bits per heavy atom. The summed E-state index contributed by atoms with van der Waals surface area (Å²) in [7, 11) is 0. The third-order valence-electron chi connectivity index (χ3n) is 3.11. The number of carboxylic acid groups (broad SMARTS) is 1. The number of nitrogens with one attached hydrogen (secondary N) is 1. The van der Waals surface area contributed by atoms with Crippen LogP contribution in [-0.4, -0.2) is 28.6 Å². The van der Waals surface area contributed by atoms with Gasteiger partial charge in [0.1, 0.15) is 11.8 Å². The van der Waals surface area contributed by atoms with Crippen LogP contribution < -0.4 is 10.1 Å². The second-order valence-electron chi connectivity index (χ2n) is 5.63. The van der Waals surface area contributed by atoms with Crippen molar-refractivity contribution < 1.29 is 19.4 Å². The van der Waals surface area contributed by atoms with Crippen molar-refractivity contribution in [2.45, 2.75) is 45.3 Å². The number of nitrogens with zero attached hydrogens (tertiary/aromatic N) is 1. The molecule has 6 heteroatoms. The van der Waals surface area contributed by atoms with E-state index in [1.54, 1.807) is 45.0 Å². The zero-order valence-electron chi connectivity index (χ0n) is 12.9. The molecular formula is C16H20N2O4. The molecule has 1 unspecified atom stereocenters. The van der Waals surface area contributed by atoms with Crippen LogP contribution in [0.5, 0.6) is 5.75 Å². The number of rotatable bonds is 7. The highest BCUT2D eigenvalue weighted by molar-refractivity contribution is 5.81. The van der Waals surface area contributed by atoms with Gasteiger partial charge in [0.25, 0.3) is 5.91 Å². The highest BCUT2D eigenvalue weighted by Gasteiger charge is 2.25. The molecule has 22 heavy (non-hydrogen) atoms. The fourth-order valence-electron chi connectivity index (χ4n) is 1.82. The van der Waals surface area contributed by atoms with E-state index in [9.17, 15) is 9.59 Å². The van der Waals surface area contributed by atoms with Crippen LogP contribution in [0.3, 0.4) is 0 Å². The van der Waals surface area contributed by atoms with Gasteiger partial charge in [-0.3, -0.25) is 9.59 Å². The van der Waals surface area contributed by atoms with Crippen molar-refractivity contribution >= 4 is 11.9 Å². The topological polar surface area (TPSA) is 99.4 Å². The maximum atomic E-state index is 12.1. The van der Waals surface area contributed by atoms with Gasteiger partial charge in [-0.25, -0.2) is 0 Å². The smallest absolute Gasteiger partial charge is 0.303 e. The van der Waals surface area contributed by atoms with Crippen LogP contribution in [-0.2, 0) is 9.59 Å². The first-order chi connectivity index (χ1) is 10.2. The average molecular weight is 304 g/mol. The second-order valence-corrected chi connectivity index (χ2v) is 5.63. The maximum Gasteiger partial charge on any atom is 0.303 e. The van der Waals surface area contributed by atoms with Crippen LogP contribution in [0.25, 0.3) is 0 Å². The van der Waals surface area contributed by atoms with E-state index in [0.29, 0.717) is 17.7 Å². The van der Waals surface area contributed by atoms with E-state index in [2.05, 4.69) is 5.32 Å². The van der Waals surface area contributed by atoms with Gasteiger partial charge in [0.2, 0.25) is 0 Å². The molecule has 0 spiro atoms. The molecule has 0 saturated heterocycles. The molecule has 1 aromatic carbocycles. The molecule has 0 bridgehead atoms. The molecule has 1 atom stereocenters. The lowest BCUT2D eigenvalue weighted by atomic mass is 9.98. The molecule has 0 aliphatic carbocycles. The quantitative estimate of drug-likeness (QED) is 0.803. The molecule has 0 radical (unpaired) electrons. The number of carbonyl (C=O) groups excluding carboxylic acids is 1. The van der Waals surface area contributed by atoms with Gasteiger partial charge < -0.3 is 15.2 Å². The first-order valence-corrected chi connectivity index (χ1v) is 6.95. The number of carboxylic acids is 1. The minimum atomic E-state index is -0.908. The van der Waals surface area contributed by atoms with Gasteiger partial charge in [0.05, 0.1) is 5.56 Å². The minimum Gasteiger partial charge on any atom is -0.481 e. The third kappa shape index (κ3) is 5.44. The van der Waals surface area contributed by atoms with E-state index < -0.39 is 17.6 Å². The number of nitriles is 1. The Balaban J connectivity index is 2.65. The fraction of sp³-hybridized carbons (Fsp3) is 0.438. The van der Waals surface area contributed by atoms with Crippen LogP contribution in [0.2, 0.25) is 0 Å². The van der Waals surface area contributed by atoms with Crippen molar-refractivity contribution in [1.82, 2.24) is 5.32 Å². The highest BCUT2D eigenvalue weighted by atomic mass is 16.5. The number of hydrogen-bond donors (Lipinski definition) is 2. The number of aliphatic carboxylic acids is 1. The summed E-state index contributed by atoms with van der Waals surface area (Å²) in [4.78, 5) is 22.8. The molecule has 0 saturated carbocycles. The van der Waals surface area contributed by atoms with E-state index in [1.165, 1.54) is 0 Å². The molecule has 0 aromatic heterocycles. The number of amides is 1. The molecule has 0 aliphatic heterocycles. The lowest BCUT2D eigenvalue weighted by Crippen LogP contribution is -2.48. The maximum absolute atomic E-state index is 12.1. The van der Waals surface area contributed by atoms with Gasteiger partial charge in [-0.1, -0.05) is 12.1 Å². The Labute approximate surface area is 129 Å². The van der Waals surface area contributed by atoms with Crippen LogP contribution in [0.1, 0.15) is 39.2 Å². The van der Waals surface area contributed by atoms with Crippen LogP contribution >= 0.6 is 0 Å². The van der Waals surface area contributed by atoms with Gasteiger partial charge in [0.15, 0.2) is 6.10 Å². The zero-order valence-corrected chi connectivity index (χ0v) is 12.9. The Morgan fingerprint density at radius 2 is 2.05 bits per heavy atom. The van der Waals surface area contributed by atoms with Gasteiger partial charge in [-0.2, -0.15) is 5.26 Å². The zero-order chi connectivity index (χ0) is 16.8. The molecule has 0 fully saturated rings. The van der Waals surface area contributed by atoms with Crippen LogP contribution in [0.15, 0.2) is 24.3 Å². The van der Waals surface area contributed by atoms with Crippen molar-refractivity contribution in [2.24, 2.45) is 0 Å². The summed E-state index contributed by atoms with van der Waals surface area (Å²) in [6, 6.07) is 8.66. The third-order valence-corrected chi connectivity index (χ3v) is 3.11. The van der Waals surface area contributed by atoms with Crippen LogP contribution in [0.4, 0.5) is 0 Å². The second kappa shape index (κ2) is 7.46. The summed E-state index contributed by atoms with van der Waals surface area (Å²) in [5, 5.41) is 20.5. The van der Waals surface area contributed by atoms with Crippen molar-refractivity contribution in [3.63, 3.8) is 0 Å². The summed E-state index contributed by atoms with van der Waals surface area (Å²) >= 11 is 0. The molecular weight excluding hydrogens is 284 g/mol. The highest BCUT2D eigenvalue weighted by Crippen LogP contribution is 2.19. The van der Waals surface area contributed by atoms with Crippen molar-refractivity contribution in [3.8, 4) is 11.8 Å². The van der Waals surface area contributed by atoms with Gasteiger partial charge in [-0.05, 0) is 39.3 Å². The summed E-state index contributed by atoms with van der Waals surface area (Å²) < 4.78 is 5.52. The predicted molar refractivity (Wildman–Crippen MR) is 80.3 cm³/mol. The number of para-hydroxylation sites is 1. The summed E-state index contributed by atoms with van der Waals surface area (Å²) in [6.45, 7) is 5.09. The molecule has 0 heterocycles. The number of carbonyl (C=O) groups is 2. The predicted octanol–water partition coefficient (Wildman–Crippen LogP) is 2.09. The van der Waals surface area contributed by atoms with Gasteiger partial charge in [0, 0.05) is 12.0 Å². The number of benzene rings is 1. The molecule has 6 nitrogen and oxygen atoms in total. The monoisotopic (exact) mass is 304 g/mol. The van der Waals surface area contributed by atoms with Crippen molar-refractivity contribution in [1.29, 1.82) is 5.26 Å². The summed E-state index contributed by atoms with van der Waals surface area (Å²) in [6.07, 6.45) is -0.506. The summed E-state index contributed by atoms with van der Waals surface area (Å²) in [5.41, 5.74) is -0.297. The Bertz CT molecular complexity index is 590. The standard InChI is InChI=1S/C16H20N2O4/c1-11(22-13-7-5-4-6-12(13)10-17)15(21)18-16(2,3)9-8-14(19)20/h4-7,11H,8-9H2,1-3H3,(H,18,21)(H,19,20). The fourth-order valence-corrected chi connectivity index (χ4v) is 1.82. The largest absolute Gasteiger partial charge is 0.481 e. The summed E-state index contributed by atoms with van der Waals surface area (Å²) in [5.74, 6) is -0.923. The Morgan fingerprint density at radius 3 is 2.64 bits per heavy atom.